The zero-order valence-electron chi connectivity index (χ0n) is 17.3. The molecular formula is C25H25N3O2. The topological polar surface area (TPSA) is 65.4 Å². The Morgan fingerprint density at radius 3 is 2.53 bits per heavy atom. The van der Waals surface area contributed by atoms with E-state index in [0.717, 1.165) is 24.2 Å². The lowest BCUT2D eigenvalue weighted by Gasteiger charge is -2.11. The van der Waals surface area contributed by atoms with Crippen molar-refractivity contribution in [2.45, 2.75) is 13.0 Å². The van der Waals surface area contributed by atoms with Gasteiger partial charge in [0.05, 0.1) is 11.6 Å². The molecule has 0 aliphatic rings. The van der Waals surface area contributed by atoms with Gasteiger partial charge in [-0.15, -0.1) is 0 Å². The molecule has 5 heteroatoms. The van der Waals surface area contributed by atoms with Crippen molar-refractivity contribution >= 4 is 11.6 Å². The van der Waals surface area contributed by atoms with Gasteiger partial charge in [-0.1, -0.05) is 36.4 Å². The molecule has 0 aromatic heterocycles. The van der Waals surface area contributed by atoms with E-state index >= 15 is 0 Å². The molecule has 1 amide bonds. The fourth-order valence-electron chi connectivity index (χ4n) is 2.95. The first kappa shape index (κ1) is 21.1. The Balaban J connectivity index is 1.61. The Kier molecular flexibility index (Phi) is 7.20. The average molecular weight is 399 g/mol. The minimum Gasteiger partial charge on any atom is -0.489 e. The molecule has 0 radical (unpaired) electrons. The summed E-state index contributed by atoms with van der Waals surface area (Å²) in [5, 5.41) is 12.1. The summed E-state index contributed by atoms with van der Waals surface area (Å²) in [6.45, 7) is 1.25. The molecule has 152 valence electrons. The molecule has 1 N–H and O–H groups in total. The number of amides is 1. The van der Waals surface area contributed by atoms with E-state index < -0.39 is 0 Å². The number of nitrogens with one attached hydrogen (secondary N) is 1. The first-order valence-electron chi connectivity index (χ1n) is 9.81. The van der Waals surface area contributed by atoms with E-state index in [4.69, 9.17) is 4.74 Å². The van der Waals surface area contributed by atoms with Crippen molar-refractivity contribution in [3.63, 3.8) is 0 Å². The van der Waals surface area contributed by atoms with Gasteiger partial charge >= 0.3 is 0 Å². The third-order valence-electron chi connectivity index (χ3n) is 4.69. The van der Waals surface area contributed by atoms with Crippen LogP contribution in [0, 0.1) is 11.3 Å². The monoisotopic (exact) mass is 399 g/mol. The van der Waals surface area contributed by atoms with Gasteiger partial charge in [0.25, 0.3) is 5.91 Å². The molecule has 3 aromatic rings. The van der Waals surface area contributed by atoms with Crippen LogP contribution in [0.15, 0.2) is 72.8 Å². The number of carbonyl (C=O) groups excluding carboxylic acids is 1. The van der Waals surface area contributed by atoms with Crippen LogP contribution in [-0.2, 0) is 13.0 Å². The molecule has 0 fully saturated rings. The predicted molar refractivity (Wildman–Crippen MR) is 119 cm³/mol. The Morgan fingerprint density at radius 1 is 1.03 bits per heavy atom. The van der Waals surface area contributed by atoms with E-state index in [-0.39, 0.29) is 12.5 Å². The number of likely N-dealkylation sites (N-methyl/N-ethyl adjacent to an activating group) is 1. The number of benzene rings is 3. The maximum atomic E-state index is 12.6. The Hall–Kier alpha value is -3.62. The molecule has 0 aliphatic carbocycles. The highest BCUT2D eigenvalue weighted by Gasteiger charge is 2.09. The van der Waals surface area contributed by atoms with Gasteiger partial charge < -0.3 is 15.0 Å². The van der Waals surface area contributed by atoms with Crippen LogP contribution in [0.3, 0.4) is 0 Å². The quantitative estimate of drug-likeness (QED) is 0.606. The van der Waals surface area contributed by atoms with Crippen molar-refractivity contribution in [2.24, 2.45) is 0 Å². The molecule has 0 aliphatic heterocycles. The summed E-state index contributed by atoms with van der Waals surface area (Å²) >= 11 is 0. The highest BCUT2D eigenvalue weighted by molar-refractivity contribution is 6.04. The number of ether oxygens (including phenoxy) is 1. The normalized spacial score (nSPS) is 10.5. The molecule has 0 atom stereocenters. The number of rotatable bonds is 8. The number of hydrogen-bond acceptors (Lipinski definition) is 4. The maximum Gasteiger partial charge on any atom is 0.255 e. The third kappa shape index (κ3) is 5.94. The number of anilines is 1. The number of nitriles is 1. The Labute approximate surface area is 177 Å². The summed E-state index contributed by atoms with van der Waals surface area (Å²) in [5.74, 6) is 0.383. The first-order chi connectivity index (χ1) is 14.5. The third-order valence-corrected chi connectivity index (χ3v) is 4.69. The predicted octanol–water partition coefficient (Wildman–Crippen LogP) is 4.49. The number of nitrogens with zero attached hydrogens (tertiary/aromatic N) is 2. The molecular weight excluding hydrogens is 374 g/mol. The summed E-state index contributed by atoms with van der Waals surface area (Å²) in [4.78, 5) is 14.8. The van der Waals surface area contributed by atoms with Crippen molar-refractivity contribution in [3.05, 3.63) is 95.1 Å². The van der Waals surface area contributed by atoms with Gasteiger partial charge in [-0.05, 0) is 62.5 Å². The molecule has 0 heterocycles. The highest BCUT2D eigenvalue weighted by atomic mass is 16.5. The molecule has 0 unspecified atom stereocenters. The fourth-order valence-corrected chi connectivity index (χ4v) is 2.95. The molecule has 0 saturated carbocycles. The van der Waals surface area contributed by atoms with E-state index in [9.17, 15) is 10.1 Å². The second-order valence-corrected chi connectivity index (χ2v) is 7.29. The van der Waals surface area contributed by atoms with E-state index in [2.05, 4.69) is 30.4 Å². The van der Waals surface area contributed by atoms with Crippen LogP contribution in [0.5, 0.6) is 5.75 Å². The SMILES string of the molecule is CN(C)CCc1ccc(NC(=O)c2cccc(OCc3ccccc3C#N)c2)cc1. The minimum absolute atomic E-state index is 0.195. The van der Waals surface area contributed by atoms with Gasteiger partial charge in [0.1, 0.15) is 12.4 Å². The van der Waals surface area contributed by atoms with E-state index in [1.165, 1.54) is 5.56 Å². The van der Waals surface area contributed by atoms with Crippen molar-refractivity contribution in [1.82, 2.24) is 4.90 Å². The highest BCUT2D eigenvalue weighted by Crippen LogP contribution is 2.18. The van der Waals surface area contributed by atoms with Crippen molar-refractivity contribution in [1.29, 1.82) is 5.26 Å². The number of carbonyl (C=O) groups is 1. The summed E-state index contributed by atoms with van der Waals surface area (Å²) in [7, 11) is 4.10. The van der Waals surface area contributed by atoms with Gasteiger partial charge in [-0.3, -0.25) is 4.79 Å². The first-order valence-corrected chi connectivity index (χ1v) is 9.81. The van der Waals surface area contributed by atoms with Crippen LogP contribution in [0.25, 0.3) is 0 Å². The second kappa shape index (κ2) is 10.2. The van der Waals surface area contributed by atoms with E-state index in [0.29, 0.717) is 16.9 Å². The molecule has 5 nitrogen and oxygen atoms in total. The van der Waals surface area contributed by atoms with Crippen LogP contribution in [0.2, 0.25) is 0 Å². The summed E-state index contributed by atoms with van der Waals surface area (Å²) < 4.78 is 5.80. The summed E-state index contributed by atoms with van der Waals surface area (Å²) in [6.07, 6.45) is 0.968. The smallest absolute Gasteiger partial charge is 0.255 e. The van der Waals surface area contributed by atoms with Gasteiger partial charge in [0, 0.05) is 23.4 Å². The average Bonchev–Trinajstić information content (AvgIpc) is 2.77. The van der Waals surface area contributed by atoms with Crippen molar-refractivity contribution < 1.29 is 9.53 Å². The van der Waals surface area contributed by atoms with Crippen molar-refractivity contribution in [2.75, 3.05) is 26.0 Å². The van der Waals surface area contributed by atoms with Crippen LogP contribution in [0.4, 0.5) is 5.69 Å². The van der Waals surface area contributed by atoms with Crippen LogP contribution >= 0.6 is 0 Å². The zero-order valence-corrected chi connectivity index (χ0v) is 17.3. The van der Waals surface area contributed by atoms with E-state index in [1.54, 1.807) is 30.3 Å². The lowest BCUT2D eigenvalue weighted by Crippen LogP contribution is -2.15. The lowest BCUT2D eigenvalue weighted by atomic mass is 10.1. The Bertz CT molecular complexity index is 1040. The zero-order chi connectivity index (χ0) is 21.3. The summed E-state index contributed by atoms with van der Waals surface area (Å²) in [5.41, 5.74) is 3.89. The maximum absolute atomic E-state index is 12.6. The molecule has 3 aromatic carbocycles. The molecule has 0 bridgehead atoms. The van der Waals surface area contributed by atoms with Crippen LogP contribution < -0.4 is 10.1 Å². The second-order valence-electron chi connectivity index (χ2n) is 7.29. The van der Waals surface area contributed by atoms with Gasteiger partial charge in [0.15, 0.2) is 0 Å². The van der Waals surface area contributed by atoms with E-state index in [1.807, 2.05) is 42.5 Å². The minimum atomic E-state index is -0.195. The molecule has 0 spiro atoms. The largest absolute Gasteiger partial charge is 0.489 e. The van der Waals surface area contributed by atoms with Crippen LogP contribution in [0.1, 0.15) is 27.0 Å². The van der Waals surface area contributed by atoms with Gasteiger partial charge in [0.2, 0.25) is 0 Å². The van der Waals surface area contributed by atoms with Gasteiger partial charge in [-0.2, -0.15) is 5.26 Å². The fraction of sp³-hybridized carbons (Fsp3) is 0.200. The lowest BCUT2D eigenvalue weighted by molar-refractivity contribution is 0.102. The van der Waals surface area contributed by atoms with Gasteiger partial charge in [-0.25, -0.2) is 0 Å². The Morgan fingerprint density at radius 2 is 1.80 bits per heavy atom. The van der Waals surface area contributed by atoms with Crippen LogP contribution in [-0.4, -0.2) is 31.4 Å². The molecule has 30 heavy (non-hydrogen) atoms. The standard InChI is InChI=1S/C25H25N3O2/c1-28(2)15-14-19-10-12-23(13-11-19)27-25(29)20-8-5-9-24(16-20)30-18-22-7-4-3-6-21(22)17-26/h3-13,16H,14-15,18H2,1-2H3,(H,27,29). The molecule has 3 rings (SSSR count). The number of hydrogen-bond donors (Lipinski definition) is 1. The molecule has 0 saturated heterocycles. The summed E-state index contributed by atoms with van der Waals surface area (Å²) in [6, 6.07) is 24.4. The van der Waals surface area contributed by atoms with Crippen molar-refractivity contribution in [3.8, 4) is 11.8 Å².